The molecule has 3 aromatic carbocycles. The minimum absolute atomic E-state index is 0.193. The van der Waals surface area contributed by atoms with Gasteiger partial charge in [0, 0.05) is 75.0 Å². The Morgan fingerprint density at radius 2 is 1.70 bits per heavy atom. The van der Waals surface area contributed by atoms with E-state index in [0.717, 1.165) is 42.3 Å². The van der Waals surface area contributed by atoms with Crippen LogP contribution < -0.4 is 20.4 Å². The zero-order valence-electron chi connectivity index (χ0n) is 26.2. The third-order valence-electron chi connectivity index (χ3n) is 8.82. The summed E-state index contributed by atoms with van der Waals surface area (Å²) in [7, 11) is 1.50. The quantitative estimate of drug-likeness (QED) is 0.279. The van der Waals surface area contributed by atoms with Gasteiger partial charge in [0.25, 0.3) is 5.91 Å². The number of hydrogen-bond acceptors (Lipinski definition) is 7. The second kappa shape index (κ2) is 14.3. The van der Waals surface area contributed by atoms with Gasteiger partial charge in [-0.25, -0.2) is 0 Å². The SMILES string of the molecule is COc1ccc2c(=O)cc(C(=O)N[C@H](Cc3ccc(Cl)cc3)C(=O)N3CCN(c4ccccc4CN4CCCCC4=O)CC3)oc2c1. The molecule has 2 fully saturated rings. The Hall–Kier alpha value is -4.83. The number of likely N-dealkylation sites (tertiary alicyclic amines) is 1. The van der Waals surface area contributed by atoms with Crippen molar-refractivity contribution in [2.75, 3.05) is 44.7 Å². The minimum Gasteiger partial charge on any atom is -0.497 e. The summed E-state index contributed by atoms with van der Waals surface area (Å²) in [4.78, 5) is 58.7. The van der Waals surface area contributed by atoms with Crippen molar-refractivity contribution in [3.8, 4) is 5.75 Å². The summed E-state index contributed by atoms with van der Waals surface area (Å²) in [5.41, 5.74) is 2.80. The highest BCUT2D eigenvalue weighted by Crippen LogP contribution is 2.26. The first-order chi connectivity index (χ1) is 22.8. The predicted molar refractivity (Wildman–Crippen MR) is 180 cm³/mol. The highest BCUT2D eigenvalue weighted by molar-refractivity contribution is 6.30. The number of rotatable bonds is 9. The van der Waals surface area contributed by atoms with E-state index in [4.69, 9.17) is 20.8 Å². The number of halogens is 1. The number of anilines is 1. The maximum Gasteiger partial charge on any atom is 0.287 e. The molecule has 1 N–H and O–H groups in total. The molecule has 0 bridgehead atoms. The third-order valence-corrected chi connectivity index (χ3v) is 9.07. The number of amides is 3. The second-order valence-electron chi connectivity index (χ2n) is 11.9. The molecular formula is C36H37ClN4O6. The summed E-state index contributed by atoms with van der Waals surface area (Å²) in [5, 5.41) is 3.72. The molecule has 47 heavy (non-hydrogen) atoms. The van der Waals surface area contributed by atoms with Crippen molar-refractivity contribution in [3.63, 3.8) is 0 Å². The fourth-order valence-corrected chi connectivity index (χ4v) is 6.36. The number of hydrogen-bond donors (Lipinski definition) is 1. The Morgan fingerprint density at radius 1 is 0.936 bits per heavy atom. The molecule has 3 amide bonds. The number of piperidine rings is 1. The van der Waals surface area contributed by atoms with Crippen LogP contribution in [0.3, 0.4) is 0 Å². The van der Waals surface area contributed by atoms with E-state index in [9.17, 15) is 19.2 Å². The van der Waals surface area contributed by atoms with Crippen molar-refractivity contribution in [1.82, 2.24) is 15.1 Å². The van der Waals surface area contributed by atoms with Gasteiger partial charge in [0.05, 0.1) is 12.5 Å². The van der Waals surface area contributed by atoms with Gasteiger partial charge in [-0.1, -0.05) is 41.9 Å². The van der Waals surface area contributed by atoms with Crippen LogP contribution in [-0.4, -0.2) is 73.4 Å². The van der Waals surface area contributed by atoms with Crippen molar-refractivity contribution < 1.29 is 23.5 Å². The molecule has 0 unspecified atom stereocenters. The third kappa shape index (κ3) is 7.44. The molecule has 6 rings (SSSR count). The molecule has 244 valence electrons. The number of nitrogens with zero attached hydrogens (tertiary/aromatic N) is 3. The first-order valence-corrected chi connectivity index (χ1v) is 16.2. The lowest BCUT2D eigenvalue weighted by Gasteiger charge is -2.39. The van der Waals surface area contributed by atoms with E-state index < -0.39 is 11.9 Å². The fraction of sp³-hybridized carbons (Fsp3) is 0.333. The summed E-state index contributed by atoms with van der Waals surface area (Å²) >= 11 is 6.10. The van der Waals surface area contributed by atoms with Crippen LogP contribution >= 0.6 is 11.6 Å². The monoisotopic (exact) mass is 656 g/mol. The molecule has 0 saturated carbocycles. The van der Waals surface area contributed by atoms with Crippen molar-refractivity contribution in [1.29, 1.82) is 0 Å². The van der Waals surface area contributed by atoms with Gasteiger partial charge in [-0.2, -0.15) is 0 Å². The van der Waals surface area contributed by atoms with Crippen LogP contribution in [0.5, 0.6) is 5.75 Å². The number of carbonyl (C=O) groups excluding carboxylic acids is 3. The molecule has 0 radical (unpaired) electrons. The summed E-state index contributed by atoms with van der Waals surface area (Å²) in [6.45, 7) is 3.44. The predicted octanol–water partition coefficient (Wildman–Crippen LogP) is 4.66. The van der Waals surface area contributed by atoms with Crippen LogP contribution in [0, 0.1) is 0 Å². The molecular weight excluding hydrogens is 620 g/mol. The normalized spacial score (nSPS) is 15.9. The van der Waals surface area contributed by atoms with Gasteiger partial charge in [-0.3, -0.25) is 19.2 Å². The average molecular weight is 657 g/mol. The van der Waals surface area contributed by atoms with Gasteiger partial charge in [0.2, 0.25) is 11.8 Å². The highest BCUT2D eigenvalue weighted by atomic mass is 35.5. The number of fused-ring (bicyclic) bond motifs is 1. The van der Waals surface area contributed by atoms with Gasteiger partial charge < -0.3 is 29.2 Å². The van der Waals surface area contributed by atoms with Crippen LogP contribution in [0.1, 0.15) is 40.9 Å². The number of carbonyl (C=O) groups is 3. The summed E-state index contributed by atoms with van der Waals surface area (Å²) in [6.07, 6.45) is 2.78. The van der Waals surface area contributed by atoms with Crippen molar-refractivity contribution in [2.45, 2.75) is 38.3 Å². The molecule has 2 aliphatic heterocycles. The fourth-order valence-electron chi connectivity index (χ4n) is 6.24. The Morgan fingerprint density at radius 3 is 2.45 bits per heavy atom. The van der Waals surface area contributed by atoms with Crippen LogP contribution in [-0.2, 0) is 22.6 Å². The molecule has 11 heteroatoms. The lowest BCUT2D eigenvalue weighted by atomic mass is 10.0. The number of benzene rings is 3. The van der Waals surface area contributed by atoms with Gasteiger partial charge in [0.1, 0.15) is 17.4 Å². The van der Waals surface area contributed by atoms with Crippen LogP contribution in [0.15, 0.2) is 82.0 Å². The van der Waals surface area contributed by atoms with Crippen LogP contribution in [0.4, 0.5) is 5.69 Å². The van der Waals surface area contributed by atoms with E-state index in [-0.39, 0.29) is 35.0 Å². The second-order valence-corrected chi connectivity index (χ2v) is 12.3. The Bertz CT molecular complexity index is 1830. The maximum absolute atomic E-state index is 14.0. The van der Waals surface area contributed by atoms with E-state index in [2.05, 4.69) is 22.3 Å². The van der Waals surface area contributed by atoms with Gasteiger partial charge in [-0.05, 0) is 54.3 Å². The maximum atomic E-state index is 14.0. The Labute approximate surface area is 277 Å². The zero-order valence-corrected chi connectivity index (χ0v) is 27.0. The van der Waals surface area contributed by atoms with E-state index in [0.29, 0.717) is 55.3 Å². The number of methoxy groups -OCH3 is 1. The number of nitrogens with one attached hydrogen (secondary N) is 1. The molecule has 1 aromatic heterocycles. The Balaban J connectivity index is 1.18. The summed E-state index contributed by atoms with van der Waals surface area (Å²) in [6, 6.07) is 20.2. The lowest BCUT2D eigenvalue weighted by Crippen LogP contribution is -2.55. The average Bonchev–Trinajstić information content (AvgIpc) is 3.09. The molecule has 2 saturated heterocycles. The summed E-state index contributed by atoms with van der Waals surface area (Å²) < 4.78 is 11.0. The minimum atomic E-state index is -0.918. The Kier molecular flexibility index (Phi) is 9.77. The van der Waals surface area contributed by atoms with Crippen LogP contribution in [0.2, 0.25) is 5.02 Å². The van der Waals surface area contributed by atoms with E-state index in [1.807, 2.05) is 29.2 Å². The van der Waals surface area contributed by atoms with E-state index in [1.54, 1.807) is 35.2 Å². The molecule has 10 nitrogen and oxygen atoms in total. The molecule has 4 aromatic rings. The largest absolute Gasteiger partial charge is 0.497 e. The van der Waals surface area contributed by atoms with Crippen molar-refractivity contribution in [2.24, 2.45) is 0 Å². The van der Waals surface area contributed by atoms with Gasteiger partial charge in [0.15, 0.2) is 11.2 Å². The van der Waals surface area contributed by atoms with E-state index in [1.165, 1.54) is 7.11 Å². The molecule has 1 atom stereocenters. The van der Waals surface area contributed by atoms with Gasteiger partial charge in [-0.15, -0.1) is 0 Å². The molecule has 0 aliphatic carbocycles. The number of piperazine rings is 1. The van der Waals surface area contributed by atoms with Crippen molar-refractivity contribution >= 4 is 46.0 Å². The number of para-hydroxylation sites is 1. The lowest BCUT2D eigenvalue weighted by molar-refractivity contribution is -0.134. The first-order valence-electron chi connectivity index (χ1n) is 15.9. The smallest absolute Gasteiger partial charge is 0.287 e. The molecule has 3 heterocycles. The first kappa shape index (κ1) is 32.1. The van der Waals surface area contributed by atoms with Crippen molar-refractivity contribution in [3.05, 3.63) is 105 Å². The van der Waals surface area contributed by atoms with Gasteiger partial charge >= 0.3 is 0 Å². The highest BCUT2D eigenvalue weighted by Gasteiger charge is 2.31. The molecule has 2 aliphatic rings. The number of ether oxygens (including phenoxy) is 1. The molecule has 0 spiro atoms. The van der Waals surface area contributed by atoms with E-state index >= 15 is 0 Å². The van der Waals surface area contributed by atoms with Crippen LogP contribution in [0.25, 0.3) is 11.0 Å². The topological polar surface area (TPSA) is 112 Å². The standard InChI is InChI=1S/C36H37ClN4O6/c1-46-27-13-14-28-31(42)22-33(47-32(28)21-27)35(44)38-29(20-24-9-11-26(37)12-10-24)36(45)40-18-16-39(17-19-40)30-7-3-2-6-25(30)23-41-15-5-4-8-34(41)43/h2-3,6-7,9-14,21-22,29H,4-5,8,15-20,23H2,1H3,(H,38,44)/t29-/m1/s1. The zero-order chi connectivity index (χ0) is 32.9. The summed E-state index contributed by atoms with van der Waals surface area (Å²) in [5.74, 6) is -0.420.